The molecule has 1 aliphatic heterocycles. The van der Waals surface area contributed by atoms with Crippen LogP contribution in [0, 0.1) is 6.92 Å². The van der Waals surface area contributed by atoms with Crippen molar-refractivity contribution in [3.63, 3.8) is 0 Å². The number of nitrogens with one attached hydrogen (secondary N) is 1. The molecular weight excluding hydrogens is 404 g/mol. The van der Waals surface area contributed by atoms with Crippen molar-refractivity contribution >= 4 is 23.0 Å². The van der Waals surface area contributed by atoms with Gasteiger partial charge in [0, 0.05) is 23.8 Å². The van der Waals surface area contributed by atoms with Crippen molar-refractivity contribution in [3.8, 4) is 11.4 Å². The van der Waals surface area contributed by atoms with E-state index in [9.17, 15) is 5.11 Å². The Hall–Kier alpha value is -3.64. The molecule has 5 nitrogen and oxygen atoms in total. The SMILES string of the molecule is Cc1cccc(-n2cccc2[C@@H]2[C@@H](c3ccccn3)NC(=S)N2c2ccccc2O)c1. The molecule has 2 N–H and O–H groups in total. The van der Waals surface area contributed by atoms with Crippen LogP contribution in [0.5, 0.6) is 5.75 Å². The lowest BCUT2D eigenvalue weighted by atomic mass is 10.0. The zero-order chi connectivity index (χ0) is 21.4. The van der Waals surface area contributed by atoms with Gasteiger partial charge in [-0.25, -0.2) is 0 Å². The number of aromatic nitrogens is 2. The van der Waals surface area contributed by atoms with Crippen LogP contribution in [0.15, 0.2) is 91.3 Å². The highest BCUT2D eigenvalue weighted by Crippen LogP contribution is 2.44. The molecular formula is C25H22N4OS. The highest BCUT2D eigenvalue weighted by atomic mass is 32.1. The van der Waals surface area contributed by atoms with E-state index in [2.05, 4.69) is 58.3 Å². The number of phenols is 1. The van der Waals surface area contributed by atoms with Gasteiger partial charge in [-0.05, 0) is 73.2 Å². The Labute approximate surface area is 186 Å². The summed E-state index contributed by atoms with van der Waals surface area (Å²) in [4.78, 5) is 6.59. The zero-order valence-electron chi connectivity index (χ0n) is 17.0. The van der Waals surface area contributed by atoms with Gasteiger partial charge in [0.1, 0.15) is 11.8 Å². The molecule has 31 heavy (non-hydrogen) atoms. The van der Waals surface area contributed by atoms with Crippen molar-refractivity contribution < 1.29 is 5.11 Å². The molecule has 5 rings (SSSR count). The number of aryl methyl sites for hydroxylation is 1. The summed E-state index contributed by atoms with van der Waals surface area (Å²) in [5, 5.41) is 14.6. The minimum Gasteiger partial charge on any atom is -0.506 e. The molecule has 0 aliphatic carbocycles. The van der Waals surface area contributed by atoms with Gasteiger partial charge in [0.2, 0.25) is 0 Å². The van der Waals surface area contributed by atoms with Gasteiger partial charge in [0.05, 0.1) is 17.4 Å². The van der Waals surface area contributed by atoms with E-state index in [0.29, 0.717) is 10.8 Å². The highest BCUT2D eigenvalue weighted by molar-refractivity contribution is 7.80. The predicted octanol–water partition coefficient (Wildman–Crippen LogP) is 5.06. The molecule has 1 fully saturated rings. The van der Waals surface area contributed by atoms with Crippen LogP contribution in [0.3, 0.4) is 0 Å². The van der Waals surface area contributed by atoms with Crippen LogP contribution in [0.1, 0.15) is 29.0 Å². The van der Waals surface area contributed by atoms with Crippen LogP contribution < -0.4 is 10.2 Å². The maximum Gasteiger partial charge on any atom is 0.174 e. The second-order valence-electron chi connectivity index (χ2n) is 7.63. The monoisotopic (exact) mass is 426 g/mol. The summed E-state index contributed by atoms with van der Waals surface area (Å²) in [6.45, 7) is 2.09. The van der Waals surface area contributed by atoms with Gasteiger partial charge in [-0.3, -0.25) is 4.98 Å². The summed E-state index contributed by atoms with van der Waals surface area (Å²) in [7, 11) is 0. The lowest BCUT2D eigenvalue weighted by molar-refractivity contribution is 0.472. The van der Waals surface area contributed by atoms with Crippen LogP contribution in [0.25, 0.3) is 5.69 Å². The van der Waals surface area contributed by atoms with Gasteiger partial charge in [0.25, 0.3) is 0 Å². The van der Waals surface area contributed by atoms with Gasteiger partial charge in [-0.2, -0.15) is 0 Å². The van der Waals surface area contributed by atoms with E-state index in [0.717, 1.165) is 17.1 Å². The highest BCUT2D eigenvalue weighted by Gasteiger charge is 2.42. The van der Waals surface area contributed by atoms with E-state index in [1.807, 2.05) is 47.4 Å². The number of phenolic OH excluding ortho intramolecular Hbond substituents is 1. The van der Waals surface area contributed by atoms with Crippen LogP contribution in [-0.4, -0.2) is 19.8 Å². The first-order valence-electron chi connectivity index (χ1n) is 10.2. The second-order valence-corrected chi connectivity index (χ2v) is 8.01. The Balaban J connectivity index is 1.69. The van der Waals surface area contributed by atoms with Crippen LogP contribution >= 0.6 is 12.2 Å². The normalized spacial score (nSPS) is 18.2. The lowest BCUT2D eigenvalue weighted by Crippen LogP contribution is -2.30. The number of anilines is 1. The molecule has 0 spiro atoms. The van der Waals surface area contributed by atoms with Crippen LogP contribution in [-0.2, 0) is 0 Å². The minimum absolute atomic E-state index is 0.174. The summed E-state index contributed by atoms with van der Waals surface area (Å²) in [6, 6.07) is 25.3. The zero-order valence-corrected chi connectivity index (χ0v) is 17.8. The van der Waals surface area contributed by atoms with Crippen molar-refractivity contribution in [2.24, 2.45) is 0 Å². The summed E-state index contributed by atoms with van der Waals surface area (Å²) < 4.78 is 2.18. The molecule has 4 aromatic rings. The molecule has 2 atom stereocenters. The summed E-state index contributed by atoms with van der Waals surface area (Å²) in [6.07, 6.45) is 3.85. The second kappa shape index (κ2) is 7.89. The van der Waals surface area contributed by atoms with Gasteiger partial charge < -0.3 is 19.9 Å². The molecule has 0 amide bonds. The number of benzene rings is 2. The Morgan fingerprint density at radius 2 is 1.81 bits per heavy atom. The Kier molecular flexibility index (Phi) is 4.92. The van der Waals surface area contributed by atoms with Crippen molar-refractivity contribution in [3.05, 3.63) is 108 Å². The van der Waals surface area contributed by atoms with Crippen molar-refractivity contribution in [2.75, 3.05) is 4.90 Å². The molecule has 0 saturated carbocycles. The number of rotatable bonds is 4. The molecule has 3 heterocycles. The Bertz CT molecular complexity index is 1240. The van der Waals surface area contributed by atoms with Crippen molar-refractivity contribution in [1.29, 1.82) is 0 Å². The molecule has 0 radical (unpaired) electrons. The summed E-state index contributed by atoms with van der Waals surface area (Å²) in [5.74, 6) is 0.187. The average Bonchev–Trinajstić information content (AvgIpc) is 3.39. The average molecular weight is 427 g/mol. The van der Waals surface area contributed by atoms with E-state index in [-0.39, 0.29) is 17.8 Å². The van der Waals surface area contributed by atoms with E-state index >= 15 is 0 Å². The number of pyridine rings is 1. The van der Waals surface area contributed by atoms with Crippen LogP contribution in [0.4, 0.5) is 5.69 Å². The molecule has 0 unspecified atom stereocenters. The van der Waals surface area contributed by atoms with Gasteiger partial charge in [-0.1, -0.05) is 30.3 Å². The number of para-hydroxylation sites is 2. The maximum absolute atomic E-state index is 10.6. The summed E-state index contributed by atoms with van der Waals surface area (Å²) in [5.41, 5.74) is 4.88. The Morgan fingerprint density at radius 3 is 2.58 bits per heavy atom. The largest absolute Gasteiger partial charge is 0.506 e. The molecule has 0 bridgehead atoms. The molecule has 1 saturated heterocycles. The quantitative estimate of drug-likeness (QED) is 0.447. The first kappa shape index (κ1) is 19.3. The third-order valence-corrected chi connectivity index (χ3v) is 5.92. The predicted molar refractivity (Wildman–Crippen MR) is 127 cm³/mol. The topological polar surface area (TPSA) is 53.3 Å². The van der Waals surface area contributed by atoms with Crippen LogP contribution in [0.2, 0.25) is 0 Å². The Morgan fingerprint density at radius 1 is 0.968 bits per heavy atom. The van der Waals surface area contributed by atoms with E-state index in [1.54, 1.807) is 12.3 Å². The summed E-state index contributed by atoms with van der Waals surface area (Å²) >= 11 is 5.76. The number of hydrogen-bond acceptors (Lipinski definition) is 3. The van der Waals surface area contributed by atoms with Gasteiger partial charge >= 0.3 is 0 Å². The lowest BCUT2D eigenvalue weighted by Gasteiger charge is -2.29. The minimum atomic E-state index is -0.203. The molecule has 2 aromatic carbocycles. The van der Waals surface area contributed by atoms with Gasteiger partial charge in [0.15, 0.2) is 5.11 Å². The first-order chi connectivity index (χ1) is 15.1. The standard InChI is InChI=1S/C25H22N4OS/c1-17-8-6-9-18(16-17)28-15-7-12-21(28)24-23(19-10-4-5-14-26-19)27-25(31)29(24)20-11-2-3-13-22(20)30/h2-16,23-24,30H,1H3,(H,27,31)/t23-,24-/m1/s1. The molecule has 6 heteroatoms. The fraction of sp³-hybridized carbons (Fsp3) is 0.120. The fourth-order valence-electron chi connectivity index (χ4n) is 4.23. The van der Waals surface area contributed by atoms with Crippen molar-refractivity contribution in [1.82, 2.24) is 14.9 Å². The fourth-order valence-corrected chi connectivity index (χ4v) is 4.57. The first-order valence-corrected chi connectivity index (χ1v) is 10.6. The van der Waals surface area contributed by atoms with E-state index in [4.69, 9.17) is 12.2 Å². The van der Waals surface area contributed by atoms with Gasteiger partial charge in [-0.15, -0.1) is 0 Å². The number of thiocarbonyl (C=S) groups is 1. The number of hydrogen-bond donors (Lipinski definition) is 2. The molecule has 1 aliphatic rings. The molecule has 2 aromatic heterocycles. The van der Waals surface area contributed by atoms with Crippen molar-refractivity contribution in [2.45, 2.75) is 19.0 Å². The third-order valence-electron chi connectivity index (χ3n) is 5.60. The van der Waals surface area contributed by atoms with E-state index in [1.165, 1.54) is 5.56 Å². The number of nitrogens with zero attached hydrogens (tertiary/aromatic N) is 3. The third kappa shape index (κ3) is 3.45. The smallest absolute Gasteiger partial charge is 0.174 e. The maximum atomic E-state index is 10.6. The number of aromatic hydroxyl groups is 1. The van der Waals surface area contributed by atoms with E-state index < -0.39 is 0 Å². The molecule has 154 valence electrons.